The van der Waals surface area contributed by atoms with Crippen molar-refractivity contribution in [2.24, 2.45) is 0 Å². The summed E-state index contributed by atoms with van der Waals surface area (Å²) in [7, 11) is 1.64. The van der Waals surface area contributed by atoms with E-state index in [2.05, 4.69) is 10.6 Å². The Bertz CT molecular complexity index is 933. The van der Waals surface area contributed by atoms with Crippen molar-refractivity contribution in [1.29, 1.82) is 0 Å². The number of rotatable bonds is 5. The number of carbonyl (C=O) groups is 2. The summed E-state index contributed by atoms with van der Waals surface area (Å²) in [6, 6.07) is 15.1. The molecule has 0 radical (unpaired) electrons. The summed E-state index contributed by atoms with van der Waals surface area (Å²) in [5.74, 6) is 0.787. The molecule has 28 heavy (non-hydrogen) atoms. The van der Waals surface area contributed by atoms with Crippen molar-refractivity contribution in [3.8, 4) is 5.75 Å². The van der Waals surface area contributed by atoms with E-state index in [1.807, 2.05) is 55.5 Å². The monoisotopic (exact) mass is 377 g/mol. The van der Waals surface area contributed by atoms with Crippen molar-refractivity contribution in [2.45, 2.75) is 19.4 Å². The molecular weight excluding hydrogens is 354 g/mol. The lowest BCUT2D eigenvalue weighted by atomic mass is 9.95. The van der Waals surface area contributed by atoms with E-state index in [0.717, 1.165) is 28.9 Å². The van der Waals surface area contributed by atoms with Gasteiger partial charge in [-0.2, -0.15) is 0 Å². The Morgan fingerprint density at radius 3 is 2.46 bits per heavy atom. The minimum atomic E-state index is -0.414. The van der Waals surface area contributed by atoms with Gasteiger partial charge in [-0.25, -0.2) is 4.79 Å². The SMILES string of the molecule is COc1ccc(CCN2CC3=C(C2=O)C(c2ccc(C)cc2)NC(=O)N3)cc1. The summed E-state index contributed by atoms with van der Waals surface area (Å²) in [6.07, 6.45) is 0.743. The van der Waals surface area contributed by atoms with Crippen molar-refractivity contribution in [3.63, 3.8) is 0 Å². The van der Waals surface area contributed by atoms with Gasteiger partial charge in [-0.3, -0.25) is 4.79 Å². The van der Waals surface area contributed by atoms with Gasteiger partial charge in [0.1, 0.15) is 5.75 Å². The number of nitrogens with zero attached hydrogens (tertiary/aromatic N) is 1. The lowest BCUT2D eigenvalue weighted by Gasteiger charge is -2.25. The molecule has 0 aromatic heterocycles. The maximum Gasteiger partial charge on any atom is 0.319 e. The van der Waals surface area contributed by atoms with E-state index in [0.29, 0.717) is 24.4 Å². The zero-order chi connectivity index (χ0) is 19.7. The second-order valence-electron chi connectivity index (χ2n) is 7.16. The van der Waals surface area contributed by atoms with Gasteiger partial charge in [0.2, 0.25) is 0 Å². The fourth-order valence-corrected chi connectivity index (χ4v) is 3.67. The zero-order valence-electron chi connectivity index (χ0n) is 16.0. The van der Waals surface area contributed by atoms with Crippen molar-refractivity contribution in [1.82, 2.24) is 15.5 Å². The van der Waals surface area contributed by atoms with E-state index >= 15 is 0 Å². The van der Waals surface area contributed by atoms with E-state index in [1.54, 1.807) is 12.0 Å². The Morgan fingerprint density at radius 1 is 1.07 bits per heavy atom. The molecule has 6 heteroatoms. The van der Waals surface area contributed by atoms with Gasteiger partial charge in [-0.1, -0.05) is 42.0 Å². The summed E-state index contributed by atoms with van der Waals surface area (Å²) in [6.45, 7) is 3.03. The third-order valence-electron chi connectivity index (χ3n) is 5.26. The van der Waals surface area contributed by atoms with Crippen LogP contribution in [0.15, 0.2) is 59.8 Å². The van der Waals surface area contributed by atoms with Crippen LogP contribution in [0.5, 0.6) is 5.75 Å². The number of hydrogen-bond donors (Lipinski definition) is 2. The molecular formula is C22H23N3O3. The Morgan fingerprint density at radius 2 is 1.79 bits per heavy atom. The van der Waals surface area contributed by atoms with Crippen LogP contribution < -0.4 is 15.4 Å². The highest BCUT2D eigenvalue weighted by Gasteiger charge is 2.40. The smallest absolute Gasteiger partial charge is 0.319 e. The molecule has 2 aromatic carbocycles. The first-order valence-electron chi connectivity index (χ1n) is 9.34. The molecule has 1 unspecified atom stereocenters. The lowest BCUT2D eigenvalue weighted by Crippen LogP contribution is -2.44. The minimum absolute atomic E-state index is 0.0263. The Balaban J connectivity index is 1.50. The highest BCUT2D eigenvalue weighted by atomic mass is 16.5. The number of aryl methyl sites for hydroxylation is 1. The molecule has 2 aliphatic rings. The summed E-state index contributed by atoms with van der Waals surface area (Å²) in [5.41, 5.74) is 4.53. The molecule has 144 valence electrons. The second kappa shape index (κ2) is 7.38. The van der Waals surface area contributed by atoms with Crippen LogP contribution in [0.1, 0.15) is 22.7 Å². The number of ether oxygens (including phenoxy) is 1. The van der Waals surface area contributed by atoms with Crippen LogP contribution in [0.3, 0.4) is 0 Å². The number of nitrogens with one attached hydrogen (secondary N) is 2. The lowest BCUT2D eigenvalue weighted by molar-refractivity contribution is -0.125. The first kappa shape index (κ1) is 18.1. The predicted octanol–water partition coefficient (Wildman–Crippen LogP) is 2.70. The summed E-state index contributed by atoms with van der Waals surface area (Å²) in [4.78, 5) is 27.0. The van der Waals surface area contributed by atoms with Crippen LogP contribution in [-0.4, -0.2) is 37.0 Å². The first-order chi connectivity index (χ1) is 13.5. The fourth-order valence-electron chi connectivity index (χ4n) is 3.67. The molecule has 2 N–H and O–H groups in total. The number of methoxy groups -OCH3 is 1. The van der Waals surface area contributed by atoms with Gasteiger partial charge >= 0.3 is 6.03 Å². The average molecular weight is 377 g/mol. The van der Waals surface area contributed by atoms with E-state index < -0.39 is 6.04 Å². The van der Waals surface area contributed by atoms with Gasteiger partial charge < -0.3 is 20.3 Å². The number of amides is 3. The number of hydrogen-bond acceptors (Lipinski definition) is 3. The predicted molar refractivity (Wildman–Crippen MR) is 106 cm³/mol. The van der Waals surface area contributed by atoms with Crippen molar-refractivity contribution in [3.05, 3.63) is 76.5 Å². The van der Waals surface area contributed by atoms with Gasteiger partial charge in [0.15, 0.2) is 0 Å². The number of carbonyl (C=O) groups excluding carboxylic acids is 2. The van der Waals surface area contributed by atoms with E-state index in [1.165, 1.54) is 0 Å². The van der Waals surface area contributed by atoms with E-state index in [9.17, 15) is 9.59 Å². The van der Waals surface area contributed by atoms with E-state index in [4.69, 9.17) is 4.74 Å². The maximum atomic E-state index is 13.1. The summed E-state index contributed by atoms with van der Waals surface area (Å²) in [5, 5.41) is 5.71. The maximum absolute atomic E-state index is 13.1. The molecule has 2 aliphatic heterocycles. The highest BCUT2D eigenvalue weighted by Crippen LogP contribution is 2.32. The molecule has 4 rings (SSSR count). The van der Waals surface area contributed by atoms with Gasteiger partial charge in [-0.15, -0.1) is 0 Å². The normalized spacial score (nSPS) is 18.6. The molecule has 2 aromatic rings. The van der Waals surface area contributed by atoms with Crippen molar-refractivity contribution in [2.75, 3.05) is 20.2 Å². The van der Waals surface area contributed by atoms with Crippen LogP contribution in [0.2, 0.25) is 0 Å². The molecule has 0 saturated carbocycles. The largest absolute Gasteiger partial charge is 0.497 e. The molecule has 0 bridgehead atoms. The molecule has 0 fully saturated rings. The van der Waals surface area contributed by atoms with Crippen LogP contribution >= 0.6 is 0 Å². The molecule has 0 aliphatic carbocycles. The Hall–Kier alpha value is -3.28. The standard InChI is InChI=1S/C22H23N3O3/c1-14-3-7-16(8-4-14)20-19-18(23-22(27)24-20)13-25(21(19)26)12-11-15-5-9-17(28-2)10-6-15/h3-10,20H,11-13H2,1-2H3,(H2,23,24,27). The van der Waals surface area contributed by atoms with Crippen molar-refractivity contribution < 1.29 is 14.3 Å². The number of benzene rings is 2. The molecule has 0 spiro atoms. The molecule has 0 saturated heterocycles. The summed E-state index contributed by atoms with van der Waals surface area (Å²) < 4.78 is 5.18. The zero-order valence-corrected chi connectivity index (χ0v) is 16.0. The molecule has 6 nitrogen and oxygen atoms in total. The third-order valence-corrected chi connectivity index (χ3v) is 5.26. The average Bonchev–Trinajstić information content (AvgIpc) is 3.02. The van der Waals surface area contributed by atoms with Gasteiger partial charge in [0, 0.05) is 6.54 Å². The van der Waals surface area contributed by atoms with Crippen LogP contribution in [0.25, 0.3) is 0 Å². The van der Waals surface area contributed by atoms with Gasteiger partial charge in [0.05, 0.1) is 31.0 Å². The van der Waals surface area contributed by atoms with Crippen LogP contribution in [-0.2, 0) is 11.2 Å². The third kappa shape index (κ3) is 3.45. The molecule has 1 atom stereocenters. The van der Waals surface area contributed by atoms with Gasteiger partial charge in [-0.05, 0) is 36.6 Å². The van der Waals surface area contributed by atoms with Crippen LogP contribution in [0, 0.1) is 6.92 Å². The number of urea groups is 1. The Kier molecular flexibility index (Phi) is 4.77. The van der Waals surface area contributed by atoms with Gasteiger partial charge in [0.25, 0.3) is 5.91 Å². The van der Waals surface area contributed by atoms with E-state index in [-0.39, 0.29) is 11.9 Å². The topological polar surface area (TPSA) is 70.7 Å². The quantitative estimate of drug-likeness (QED) is 0.842. The fraction of sp³-hybridized carbons (Fsp3) is 0.273. The molecule has 2 heterocycles. The second-order valence-corrected chi connectivity index (χ2v) is 7.16. The van der Waals surface area contributed by atoms with Crippen LogP contribution in [0.4, 0.5) is 4.79 Å². The molecule has 3 amide bonds. The summed E-state index contributed by atoms with van der Waals surface area (Å²) >= 11 is 0. The highest BCUT2D eigenvalue weighted by molar-refractivity contribution is 6.01. The van der Waals surface area contributed by atoms with Crippen molar-refractivity contribution >= 4 is 11.9 Å². The Labute approximate surface area is 164 Å². The minimum Gasteiger partial charge on any atom is -0.497 e. The first-order valence-corrected chi connectivity index (χ1v) is 9.34.